The summed E-state index contributed by atoms with van der Waals surface area (Å²) in [5.74, 6) is -2.10. The second kappa shape index (κ2) is 11.4. The molecule has 1 heterocycles. The third-order valence-electron chi connectivity index (χ3n) is 4.90. The van der Waals surface area contributed by atoms with Crippen molar-refractivity contribution in [3.63, 3.8) is 0 Å². The van der Waals surface area contributed by atoms with Gasteiger partial charge in [0.05, 0.1) is 28.1 Å². The monoisotopic (exact) mass is 562 g/mol. The van der Waals surface area contributed by atoms with E-state index in [0.29, 0.717) is 17.8 Å². The van der Waals surface area contributed by atoms with Crippen molar-refractivity contribution in [3.05, 3.63) is 100 Å². The first-order chi connectivity index (χ1) is 18.5. The molecule has 0 spiro atoms. The first-order valence-electron chi connectivity index (χ1n) is 10.8. The van der Waals surface area contributed by atoms with Gasteiger partial charge in [0.1, 0.15) is 28.8 Å². The van der Waals surface area contributed by atoms with E-state index < -0.39 is 45.8 Å². The van der Waals surface area contributed by atoms with Gasteiger partial charge in [-0.2, -0.15) is 13.2 Å². The maximum Gasteiger partial charge on any atom is 0.433 e. The lowest BCUT2D eigenvalue weighted by molar-refractivity contribution is -0.384. The molecule has 0 atom stereocenters. The van der Waals surface area contributed by atoms with Crippen molar-refractivity contribution in [3.8, 4) is 22.8 Å². The maximum atomic E-state index is 13.4. The Kier molecular flexibility index (Phi) is 8.04. The number of rotatable bonds is 8. The number of hydrogen-bond acceptors (Lipinski definition) is 7. The summed E-state index contributed by atoms with van der Waals surface area (Å²) in [6.45, 7) is 0. The lowest BCUT2D eigenvalue weighted by Crippen LogP contribution is -2.15. The summed E-state index contributed by atoms with van der Waals surface area (Å²) in [5, 5.41) is 13.4. The Balaban J connectivity index is 1.51. The zero-order chi connectivity index (χ0) is 28.2. The molecule has 0 fully saturated rings. The van der Waals surface area contributed by atoms with E-state index >= 15 is 0 Å². The van der Waals surface area contributed by atoms with Gasteiger partial charge in [-0.05, 0) is 54.6 Å². The molecule has 0 aliphatic rings. The Morgan fingerprint density at radius 2 is 1.56 bits per heavy atom. The summed E-state index contributed by atoms with van der Waals surface area (Å²) < 4.78 is 72.1. The topological polar surface area (TPSA) is 107 Å². The molecule has 4 rings (SSSR count). The van der Waals surface area contributed by atoms with Crippen LogP contribution in [0.15, 0.2) is 78.0 Å². The van der Waals surface area contributed by atoms with E-state index in [2.05, 4.69) is 15.3 Å². The van der Waals surface area contributed by atoms with Crippen LogP contribution in [0.3, 0.4) is 0 Å². The number of thioether (sulfide) groups is 1. The van der Waals surface area contributed by atoms with E-state index in [9.17, 15) is 36.9 Å². The first-order valence-corrected chi connectivity index (χ1v) is 11.8. The molecule has 3 aromatic carbocycles. The molecule has 0 saturated carbocycles. The molecule has 0 bridgehead atoms. The number of non-ortho nitro benzene ring substituents is 1. The van der Waals surface area contributed by atoms with Gasteiger partial charge in [0.25, 0.3) is 5.69 Å². The fraction of sp³-hybridized carbons (Fsp3) is 0.0800. The van der Waals surface area contributed by atoms with Gasteiger partial charge in [-0.15, -0.1) is 0 Å². The minimum atomic E-state index is -4.81. The summed E-state index contributed by atoms with van der Waals surface area (Å²) in [7, 11) is 0. The van der Waals surface area contributed by atoms with Crippen molar-refractivity contribution in [2.24, 2.45) is 0 Å². The Hall–Kier alpha value is -4.59. The van der Waals surface area contributed by atoms with Crippen LogP contribution >= 0.6 is 11.8 Å². The number of aromatic nitrogens is 2. The van der Waals surface area contributed by atoms with Crippen LogP contribution in [0.2, 0.25) is 0 Å². The molecule has 39 heavy (non-hydrogen) atoms. The molecule has 1 N–H and O–H groups in total. The molecule has 14 heteroatoms. The molecule has 0 saturated heterocycles. The summed E-state index contributed by atoms with van der Waals surface area (Å²) in [4.78, 5) is 30.7. The van der Waals surface area contributed by atoms with Crippen LogP contribution in [0.1, 0.15) is 5.69 Å². The predicted molar refractivity (Wildman–Crippen MR) is 131 cm³/mol. The Bertz CT molecular complexity index is 1520. The molecule has 0 aliphatic heterocycles. The maximum absolute atomic E-state index is 13.4. The number of amides is 1. The van der Waals surface area contributed by atoms with Crippen molar-refractivity contribution < 1.29 is 36.4 Å². The highest BCUT2D eigenvalue weighted by molar-refractivity contribution is 7.99. The highest BCUT2D eigenvalue weighted by Gasteiger charge is 2.34. The van der Waals surface area contributed by atoms with Crippen molar-refractivity contribution in [2.75, 3.05) is 11.1 Å². The molecule has 0 unspecified atom stereocenters. The lowest BCUT2D eigenvalue weighted by atomic mass is 10.1. The van der Waals surface area contributed by atoms with E-state index in [1.165, 1.54) is 30.3 Å². The van der Waals surface area contributed by atoms with Crippen molar-refractivity contribution in [1.29, 1.82) is 0 Å². The van der Waals surface area contributed by atoms with Gasteiger partial charge in [0.2, 0.25) is 5.91 Å². The summed E-state index contributed by atoms with van der Waals surface area (Å²) in [6, 6.07) is 13.7. The van der Waals surface area contributed by atoms with E-state index in [-0.39, 0.29) is 33.6 Å². The normalized spacial score (nSPS) is 11.2. The fourth-order valence-corrected chi connectivity index (χ4v) is 3.85. The predicted octanol–water partition coefficient (Wildman–Crippen LogP) is 6.87. The number of carbonyl (C=O) groups excluding carboxylic acids is 1. The zero-order valence-corrected chi connectivity index (χ0v) is 20.2. The minimum absolute atomic E-state index is 0.0242. The molecular formula is C25H15F5N4O4S. The van der Waals surface area contributed by atoms with Gasteiger partial charge in [-0.3, -0.25) is 14.9 Å². The molecule has 4 aromatic rings. The number of ether oxygens (including phenoxy) is 1. The fourth-order valence-electron chi connectivity index (χ4n) is 3.19. The number of nitrogens with zero attached hydrogens (tertiary/aromatic N) is 3. The second-order valence-electron chi connectivity index (χ2n) is 7.79. The minimum Gasteiger partial charge on any atom is -0.457 e. The molecule has 1 aromatic heterocycles. The van der Waals surface area contributed by atoms with Crippen LogP contribution in [-0.4, -0.2) is 26.6 Å². The number of nitro benzene ring substituents is 1. The zero-order valence-electron chi connectivity index (χ0n) is 19.4. The second-order valence-corrected chi connectivity index (χ2v) is 8.73. The Morgan fingerprint density at radius 3 is 2.18 bits per heavy atom. The van der Waals surface area contributed by atoms with E-state index in [0.717, 1.165) is 36.4 Å². The number of anilines is 1. The van der Waals surface area contributed by atoms with Gasteiger partial charge in [-0.1, -0.05) is 11.8 Å². The third kappa shape index (κ3) is 7.47. The quantitative estimate of drug-likeness (QED) is 0.0821. The van der Waals surface area contributed by atoms with Gasteiger partial charge in [0, 0.05) is 17.7 Å². The summed E-state index contributed by atoms with van der Waals surface area (Å²) in [6.07, 6.45) is -4.81. The van der Waals surface area contributed by atoms with E-state index in [4.69, 9.17) is 4.74 Å². The van der Waals surface area contributed by atoms with Crippen molar-refractivity contribution in [2.45, 2.75) is 11.3 Å². The summed E-state index contributed by atoms with van der Waals surface area (Å²) >= 11 is 0.600. The number of nitrogens with one attached hydrogen (secondary N) is 1. The number of nitro groups is 1. The highest BCUT2D eigenvalue weighted by atomic mass is 32.2. The lowest BCUT2D eigenvalue weighted by Gasteiger charge is -2.11. The number of alkyl halides is 3. The standard InChI is InChI=1S/C25H15F5N4O4S/c26-15-3-1-14(2-4-15)21-12-22(25(28,29)30)33-24(32-21)39-13-23(35)31-17-9-18(34(36)37)11-20(10-17)38-19-7-5-16(27)6-8-19/h1-12H,13H2,(H,31,35). The van der Waals surface area contributed by atoms with Crippen molar-refractivity contribution in [1.82, 2.24) is 9.97 Å². The first kappa shape index (κ1) is 27.4. The molecule has 1 amide bonds. The van der Waals surface area contributed by atoms with Crippen LogP contribution in [-0.2, 0) is 11.0 Å². The molecule has 0 radical (unpaired) electrons. The van der Waals surface area contributed by atoms with Crippen LogP contribution in [0.25, 0.3) is 11.3 Å². The molecule has 0 aliphatic carbocycles. The number of carbonyl (C=O) groups is 1. The molecule has 200 valence electrons. The SMILES string of the molecule is O=C(CSc1nc(-c2ccc(F)cc2)cc(C(F)(F)F)n1)Nc1cc(Oc2ccc(F)cc2)cc([N+](=O)[O-])c1. The van der Waals surface area contributed by atoms with Gasteiger partial charge in [-0.25, -0.2) is 18.7 Å². The molecule has 8 nitrogen and oxygen atoms in total. The van der Waals surface area contributed by atoms with Crippen LogP contribution < -0.4 is 10.1 Å². The van der Waals surface area contributed by atoms with Gasteiger partial charge >= 0.3 is 6.18 Å². The number of benzene rings is 3. The summed E-state index contributed by atoms with van der Waals surface area (Å²) in [5.41, 5.74) is -1.60. The third-order valence-corrected chi connectivity index (χ3v) is 5.75. The van der Waals surface area contributed by atoms with Gasteiger partial charge < -0.3 is 10.1 Å². The smallest absolute Gasteiger partial charge is 0.433 e. The molecular weight excluding hydrogens is 547 g/mol. The average molecular weight is 562 g/mol. The van der Waals surface area contributed by atoms with Crippen LogP contribution in [0.5, 0.6) is 11.5 Å². The largest absolute Gasteiger partial charge is 0.457 e. The average Bonchev–Trinajstić information content (AvgIpc) is 2.88. The van der Waals surface area contributed by atoms with E-state index in [1.54, 1.807) is 0 Å². The number of hydrogen-bond donors (Lipinski definition) is 1. The highest BCUT2D eigenvalue weighted by Crippen LogP contribution is 2.33. The number of halogens is 5. The van der Waals surface area contributed by atoms with Gasteiger partial charge in [0.15, 0.2) is 5.16 Å². The van der Waals surface area contributed by atoms with Crippen LogP contribution in [0, 0.1) is 21.7 Å². The Morgan fingerprint density at radius 1 is 0.923 bits per heavy atom. The Labute approximate surface area is 221 Å². The van der Waals surface area contributed by atoms with E-state index in [1.807, 2.05) is 0 Å². The van der Waals surface area contributed by atoms with Crippen LogP contribution in [0.4, 0.5) is 33.3 Å². The van der Waals surface area contributed by atoms with Crippen molar-refractivity contribution >= 4 is 29.0 Å².